The van der Waals surface area contributed by atoms with Crippen molar-refractivity contribution >= 4 is 38.9 Å². The van der Waals surface area contributed by atoms with Crippen LogP contribution in [-0.4, -0.2) is 51.3 Å². The van der Waals surface area contributed by atoms with Crippen molar-refractivity contribution < 1.29 is 22.7 Å². The maximum atomic E-state index is 13.0. The Morgan fingerprint density at radius 1 is 1.17 bits per heavy atom. The maximum Gasteiger partial charge on any atom is 0.338 e. The smallest absolute Gasteiger partial charge is 0.338 e. The van der Waals surface area contributed by atoms with Crippen molar-refractivity contribution in [2.45, 2.75) is 24.0 Å². The first-order valence-electron chi connectivity index (χ1n) is 9.40. The molecule has 1 aromatic carbocycles. The Hall–Kier alpha value is -2.23. The molecular weight excluding hydrogens is 412 g/mol. The van der Waals surface area contributed by atoms with E-state index < -0.39 is 16.0 Å². The molecule has 0 radical (unpaired) electrons. The fourth-order valence-electron chi connectivity index (χ4n) is 2.83. The van der Waals surface area contributed by atoms with Crippen molar-refractivity contribution in [3.8, 4) is 0 Å². The van der Waals surface area contributed by atoms with E-state index in [-0.39, 0.29) is 23.3 Å². The molecular formula is C20H24N2O5S2. The summed E-state index contributed by atoms with van der Waals surface area (Å²) < 4.78 is 31.5. The number of sulfonamides is 1. The van der Waals surface area contributed by atoms with E-state index >= 15 is 0 Å². The second-order valence-electron chi connectivity index (χ2n) is 6.91. The minimum absolute atomic E-state index is 0.209. The van der Waals surface area contributed by atoms with Gasteiger partial charge in [-0.1, -0.05) is 6.07 Å². The molecule has 9 heteroatoms. The Morgan fingerprint density at radius 2 is 1.86 bits per heavy atom. The topological polar surface area (TPSA) is 84.0 Å². The third kappa shape index (κ3) is 5.23. The number of carbonyl (C=O) groups is 2. The van der Waals surface area contributed by atoms with Gasteiger partial charge in [0.05, 0.1) is 18.7 Å². The molecule has 156 valence electrons. The lowest BCUT2D eigenvalue weighted by molar-refractivity contribution is -0.118. The van der Waals surface area contributed by atoms with E-state index in [4.69, 9.17) is 4.74 Å². The summed E-state index contributed by atoms with van der Waals surface area (Å²) in [5, 5.41) is 1.69. The lowest BCUT2D eigenvalue weighted by Gasteiger charge is -2.25. The number of hydrogen-bond donors (Lipinski definition) is 0. The fraction of sp³-hybridized carbons (Fsp3) is 0.400. The number of nitrogens with zero attached hydrogens (tertiary/aromatic N) is 2. The van der Waals surface area contributed by atoms with Gasteiger partial charge in [-0.2, -0.15) is 4.31 Å². The highest BCUT2D eigenvalue weighted by Crippen LogP contribution is 2.32. The van der Waals surface area contributed by atoms with Gasteiger partial charge < -0.3 is 9.64 Å². The summed E-state index contributed by atoms with van der Waals surface area (Å²) in [4.78, 5) is 26.4. The molecule has 1 fully saturated rings. The Morgan fingerprint density at radius 3 is 2.41 bits per heavy atom. The lowest BCUT2D eigenvalue weighted by atomic mass is 10.2. The number of amides is 1. The monoisotopic (exact) mass is 436 g/mol. The first-order valence-corrected chi connectivity index (χ1v) is 11.7. The summed E-state index contributed by atoms with van der Waals surface area (Å²) in [5.41, 5.74) is 1.05. The molecule has 3 rings (SSSR count). The number of rotatable bonds is 9. The van der Waals surface area contributed by atoms with Gasteiger partial charge in [-0.25, -0.2) is 13.2 Å². The van der Waals surface area contributed by atoms with Gasteiger partial charge in [0.15, 0.2) is 0 Å². The average molecular weight is 437 g/mol. The summed E-state index contributed by atoms with van der Waals surface area (Å²) in [6.07, 6.45) is 2.10. The molecule has 29 heavy (non-hydrogen) atoms. The van der Waals surface area contributed by atoms with Crippen LogP contribution in [0.2, 0.25) is 0 Å². The predicted octanol–water partition coefficient (Wildman–Crippen LogP) is 2.99. The molecule has 0 atom stereocenters. The SMILES string of the molecule is CCOC(=O)c1ccc(N(CC2CC2)C(=O)CN(C)S(=O)(=O)c2cccs2)cc1. The molecule has 1 heterocycles. The van der Waals surface area contributed by atoms with Crippen LogP contribution in [0, 0.1) is 5.92 Å². The maximum absolute atomic E-state index is 13.0. The number of carbonyl (C=O) groups excluding carboxylic acids is 2. The number of hydrogen-bond acceptors (Lipinski definition) is 6. The van der Waals surface area contributed by atoms with Crippen LogP contribution < -0.4 is 4.90 Å². The molecule has 0 N–H and O–H groups in total. The summed E-state index contributed by atoms with van der Waals surface area (Å²) >= 11 is 1.12. The van der Waals surface area contributed by atoms with Crippen LogP contribution in [0.1, 0.15) is 30.1 Å². The van der Waals surface area contributed by atoms with E-state index in [0.29, 0.717) is 23.7 Å². The van der Waals surface area contributed by atoms with Crippen molar-refractivity contribution in [2.75, 3.05) is 31.6 Å². The second-order valence-corrected chi connectivity index (χ2v) is 10.1. The molecule has 0 spiro atoms. The van der Waals surface area contributed by atoms with Crippen molar-refractivity contribution in [2.24, 2.45) is 5.92 Å². The zero-order chi connectivity index (χ0) is 21.0. The number of esters is 1. The van der Waals surface area contributed by atoms with Crippen LogP contribution >= 0.6 is 11.3 Å². The molecule has 0 unspecified atom stereocenters. The molecule has 7 nitrogen and oxygen atoms in total. The standard InChI is InChI=1S/C20H24N2O5S2/c1-3-27-20(24)16-8-10-17(11-9-16)22(13-15-6-7-15)18(23)14-21(2)29(25,26)19-5-4-12-28-19/h4-5,8-12,15H,3,6-7,13-14H2,1-2H3. The van der Waals surface area contributed by atoms with Crippen LogP contribution in [0.3, 0.4) is 0 Å². The molecule has 1 aromatic heterocycles. The quantitative estimate of drug-likeness (QED) is 0.564. The van der Waals surface area contributed by atoms with Crippen LogP contribution in [0.15, 0.2) is 46.0 Å². The Bertz CT molecular complexity index is 951. The lowest BCUT2D eigenvalue weighted by Crippen LogP contribution is -2.42. The molecule has 1 aliphatic carbocycles. The first-order chi connectivity index (χ1) is 13.8. The molecule has 2 aromatic rings. The second kappa shape index (κ2) is 9.06. The summed E-state index contributed by atoms with van der Waals surface area (Å²) in [6.45, 7) is 2.30. The van der Waals surface area contributed by atoms with Gasteiger partial charge in [0.1, 0.15) is 4.21 Å². The third-order valence-corrected chi connectivity index (χ3v) is 7.82. The van der Waals surface area contributed by atoms with Gasteiger partial charge in [0.2, 0.25) is 5.91 Å². The van der Waals surface area contributed by atoms with Crippen LogP contribution in [0.25, 0.3) is 0 Å². The fourth-order valence-corrected chi connectivity index (χ4v) is 5.15. The van der Waals surface area contributed by atoms with E-state index in [0.717, 1.165) is 28.5 Å². The van der Waals surface area contributed by atoms with E-state index in [1.165, 1.54) is 13.1 Å². The highest BCUT2D eigenvalue weighted by Gasteiger charge is 2.30. The Labute approximate surface area is 174 Å². The number of thiophene rings is 1. The molecule has 0 bridgehead atoms. The number of ether oxygens (including phenoxy) is 1. The van der Waals surface area contributed by atoms with Gasteiger partial charge in [-0.05, 0) is 61.4 Å². The Balaban J connectivity index is 1.76. The van der Waals surface area contributed by atoms with E-state index in [1.807, 2.05) is 0 Å². The Kier molecular flexibility index (Phi) is 6.71. The minimum atomic E-state index is -3.70. The average Bonchev–Trinajstić information content (AvgIpc) is 3.34. The molecule has 1 amide bonds. The van der Waals surface area contributed by atoms with E-state index in [2.05, 4.69) is 0 Å². The van der Waals surface area contributed by atoms with Gasteiger partial charge in [0.25, 0.3) is 10.0 Å². The van der Waals surface area contributed by atoms with Crippen molar-refractivity contribution in [1.82, 2.24) is 4.31 Å². The normalized spacial score (nSPS) is 14.0. The summed E-state index contributed by atoms with van der Waals surface area (Å²) in [6, 6.07) is 9.81. The highest BCUT2D eigenvalue weighted by molar-refractivity contribution is 7.91. The minimum Gasteiger partial charge on any atom is -0.462 e. The molecule has 1 aliphatic rings. The van der Waals surface area contributed by atoms with Crippen LogP contribution in [0.5, 0.6) is 0 Å². The molecule has 0 saturated heterocycles. The zero-order valence-electron chi connectivity index (χ0n) is 16.4. The van der Waals surface area contributed by atoms with Gasteiger partial charge in [0, 0.05) is 19.3 Å². The van der Waals surface area contributed by atoms with Crippen molar-refractivity contribution in [3.05, 3.63) is 47.3 Å². The summed E-state index contributed by atoms with van der Waals surface area (Å²) in [7, 11) is -2.29. The first kappa shape index (κ1) is 21.5. The number of likely N-dealkylation sites (N-methyl/N-ethyl adjacent to an activating group) is 1. The van der Waals surface area contributed by atoms with Crippen molar-refractivity contribution in [1.29, 1.82) is 0 Å². The van der Waals surface area contributed by atoms with E-state index in [1.54, 1.807) is 47.5 Å². The highest BCUT2D eigenvalue weighted by atomic mass is 32.2. The van der Waals surface area contributed by atoms with Crippen molar-refractivity contribution in [3.63, 3.8) is 0 Å². The molecule has 1 saturated carbocycles. The van der Waals surface area contributed by atoms with Crippen LogP contribution in [0.4, 0.5) is 5.69 Å². The molecule has 0 aliphatic heterocycles. The summed E-state index contributed by atoms with van der Waals surface area (Å²) in [5.74, 6) is -0.299. The number of anilines is 1. The van der Waals surface area contributed by atoms with Gasteiger partial charge >= 0.3 is 5.97 Å². The van der Waals surface area contributed by atoms with Crippen LogP contribution in [-0.2, 0) is 19.6 Å². The number of benzene rings is 1. The van der Waals surface area contributed by atoms with E-state index in [9.17, 15) is 18.0 Å². The van der Waals surface area contributed by atoms with Gasteiger partial charge in [-0.3, -0.25) is 4.79 Å². The third-order valence-electron chi connectivity index (χ3n) is 4.65. The predicted molar refractivity (Wildman–Crippen MR) is 112 cm³/mol. The largest absolute Gasteiger partial charge is 0.462 e. The van der Waals surface area contributed by atoms with Gasteiger partial charge in [-0.15, -0.1) is 11.3 Å². The zero-order valence-corrected chi connectivity index (χ0v) is 18.0.